The van der Waals surface area contributed by atoms with Crippen molar-refractivity contribution in [2.45, 2.75) is 26.3 Å². The Hall–Kier alpha value is -3.23. The van der Waals surface area contributed by atoms with Crippen molar-refractivity contribution in [3.8, 4) is 0 Å². The van der Waals surface area contributed by atoms with Crippen LogP contribution in [0.25, 0.3) is 0 Å². The number of hydrogen-bond donors (Lipinski definition) is 0. The fourth-order valence-electron chi connectivity index (χ4n) is 4.18. The maximum absolute atomic E-state index is 13.5. The summed E-state index contributed by atoms with van der Waals surface area (Å²) < 4.78 is 0. The quantitative estimate of drug-likeness (QED) is 0.261. The fourth-order valence-corrected chi connectivity index (χ4v) is 4.65. The van der Waals surface area contributed by atoms with Crippen LogP contribution in [0.2, 0.25) is 10.0 Å². The highest BCUT2D eigenvalue weighted by molar-refractivity contribution is 6.35. The minimum absolute atomic E-state index is 0.0930. The molecule has 33 heavy (non-hydrogen) atoms. The first-order valence-electron chi connectivity index (χ1n) is 10.2. The van der Waals surface area contributed by atoms with E-state index in [2.05, 4.69) is 0 Å². The molecule has 1 aliphatic heterocycles. The molecule has 8 nitrogen and oxygen atoms in total. The fraction of sp³-hybridized carbons (Fsp3) is 0.261. The number of carbonyl (C=O) groups is 3. The van der Waals surface area contributed by atoms with E-state index < -0.39 is 34.5 Å². The van der Waals surface area contributed by atoms with Gasteiger partial charge in [-0.3, -0.25) is 24.5 Å². The predicted molar refractivity (Wildman–Crippen MR) is 121 cm³/mol. The molecular formula is C23H19Cl2N3O5. The second kappa shape index (κ2) is 8.96. The monoisotopic (exact) mass is 487 g/mol. The second-order valence-electron chi connectivity index (χ2n) is 8.09. The number of amides is 3. The minimum atomic E-state index is -0.652. The maximum atomic E-state index is 13.5. The number of hydrogen-bond acceptors (Lipinski definition) is 5. The largest absolute Gasteiger partial charge is 0.273 e. The molecule has 2 aromatic carbocycles. The van der Waals surface area contributed by atoms with Gasteiger partial charge < -0.3 is 0 Å². The summed E-state index contributed by atoms with van der Waals surface area (Å²) in [5.74, 6) is -2.61. The SMILES string of the molecule is CC1=CC[C@H]2C(=O)N(N(Cc3ccc(Cl)cc3Cl)C(=O)c3ccc([N+](=O)[O-])cc3)C(=O)[C@H]2C1. The smallest absolute Gasteiger partial charge is 0.272 e. The Bertz CT molecular complexity index is 1200. The molecule has 0 radical (unpaired) electrons. The number of benzene rings is 2. The van der Waals surface area contributed by atoms with Gasteiger partial charge in [0.05, 0.1) is 23.3 Å². The number of non-ortho nitro benzene ring substituents is 1. The lowest BCUT2D eigenvalue weighted by Gasteiger charge is -2.31. The molecule has 0 saturated carbocycles. The molecule has 1 fully saturated rings. The summed E-state index contributed by atoms with van der Waals surface area (Å²) in [5.41, 5.74) is 1.42. The molecule has 1 aliphatic carbocycles. The third kappa shape index (κ3) is 4.36. The molecule has 0 bridgehead atoms. The van der Waals surface area contributed by atoms with E-state index in [1.165, 1.54) is 30.3 Å². The summed E-state index contributed by atoms with van der Waals surface area (Å²) in [5, 5.41) is 13.6. The van der Waals surface area contributed by atoms with E-state index >= 15 is 0 Å². The highest BCUT2D eigenvalue weighted by atomic mass is 35.5. The average molecular weight is 488 g/mol. The summed E-state index contributed by atoms with van der Waals surface area (Å²) in [7, 11) is 0. The number of nitro groups is 1. The summed E-state index contributed by atoms with van der Waals surface area (Å²) in [4.78, 5) is 50.4. The average Bonchev–Trinajstić information content (AvgIpc) is 3.02. The predicted octanol–water partition coefficient (Wildman–Crippen LogP) is 4.80. The molecule has 0 spiro atoms. The number of nitro benzene ring substituents is 1. The van der Waals surface area contributed by atoms with Gasteiger partial charge in [-0.25, -0.2) is 5.01 Å². The van der Waals surface area contributed by atoms with Crippen LogP contribution in [0.3, 0.4) is 0 Å². The normalized spacial score (nSPS) is 19.8. The molecule has 0 aromatic heterocycles. The summed E-state index contributed by atoms with van der Waals surface area (Å²) >= 11 is 12.3. The summed E-state index contributed by atoms with van der Waals surface area (Å²) in [6.07, 6.45) is 2.82. The molecular weight excluding hydrogens is 469 g/mol. The van der Waals surface area contributed by atoms with Crippen molar-refractivity contribution in [3.05, 3.63) is 85.4 Å². The van der Waals surface area contributed by atoms with E-state index in [0.29, 0.717) is 23.4 Å². The first-order valence-corrected chi connectivity index (χ1v) is 11.0. The highest BCUT2D eigenvalue weighted by Crippen LogP contribution is 2.39. The maximum Gasteiger partial charge on any atom is 0.273 e. The summed E-state index contributed by atoms with van der Waals surface area (Å²) in [6, 6.07) is 9.69. The molecule has 0 N–H and O–H groups in total. The van der Waals surface area contributed by atoms with Gasteiger partial charge in [0.2, 0.25) is 0 Å². The molecule has 10 heteroatoms. The van der Waals surface area contributed by atoms with E-state index in [1.807, 2.05) is 13.0 Å². The van der Waals surface area contributed by atoms with Gasteiger partial charge in [-0.15, -0.1) is 0 Å². The number of rotatable bonds is 5. The van der Waals surface area contributed by atoms with Gasteiger partial charge in [0.1, 0.15) is 0 Å². The Balaban J connectivity index is 1.72. The zero-order chi connectivity index (χ0) is 23.9. The van der Waals surface area contributed by atoms with Crippen molar-refractivity contribution in [2.24, 2.45) is 11.8 Å². The lowest BCUT2D eigenvalue weighted by molar-refractivity contribution is -0.384. The molecule has 2 aliphatic rings. The molecule has 2 atom stereocenters. The number of halogens is 2. The van der Waals surface area contributed by atoms with E-state index in [9.17, 15) is 24.5 Å². The topological polar surface area (TPSA) is 101 Å². The Labute approximate surface area is 199 Å². The Morgan fingerprint density at radius 3 is 2.42 bits per heavy atom. The van der Waals surface area contributed by atoms with Crippen LogP contribution in [0.1, 0.15) is 35.7 Å². The van der Waals surface area contributed by atoms with Crippen LogP contribution in [-0.4, -0.2) is 32.7 Å². The van der Waals surface area contributed by atoms with E-state index in [0.717, 1.165) is 15.6 Å². The van der Waals surface area contributed by atoms with Gasteiger partial charge in [-0.2, -0.15) is 5.01 Å². The Kier molecular flexibility index (Phi) is 6.23. The van der Waals surface area contributed by atoms with Crippen molar-refractivity contribution in [1.82, 2.24) is 10.0 Å². The minimum Gasteiger partial charge on any atom is -0.272 e. The third-order valence-corrected chi connectivity index (χ3v) is 6.52. The van der Waals surface area contributed by atoms with Crippen LogP contribution in [0.15, 0.2) is 54.1 Å². The van der Waals surface area contributed by atoms with E-state index in [1.54, 1.807) is 12.1 Å². The van der Waals surface area contributed by atoms with Crippen LogP contribution in [0, 0.1) is 22.0 Å². The van der Waals surface area contributed by atoms with Crippen molar-refractivity contribution in [1.29, 1.82) is 0 Å². The zero-order valence-corrected chi connectivity index (χ0v) is 19.0. The molecule has 3 amide bonds. The van der Waals surface area contributed by atoms with Gasteiger partial charge in [0.25, 0.3) is 23.4 Å². The first-order chi connectivity index (χ1) is 15.7. The highest BCUT2D eigenvalue weighted by Gasteiger charge is 2.51. The molecule has 1 saturated heterocycles. The molecule has 4 rings (SSSR count). The molecule has 170 valence electrons. The Morgan fingerprint density at radius 1 is 1.12 bits per heavy atom. The summed E-state index contributed by atoms with van der Waals surface area (Å²) in [6.45, 7) is 1.75. The lowest BCUT2D eigenvalue weighted by Crippen LogP contribution is -2.49. The first kappa shape index (κ1) is 22.9. The van der Waals surface area contributed by atoms with Gasteiger partial charge in [0.15, 0.2) is 0 Å². The number of nitrogens with zero attached hydrogens (tertiary/aromatic N) is 3. The third-order valence-electron chi connectivity index (χ3n) is 5.94. The molecule has 0 unspecified atom stereocenters. The number of carbonyl (C=O) groups excluding carboxylic acids is 3. The number of hydrazine groups is 1. The van der Waals surface area contributed by atoms with Gasteiger partial charge in [0, 0.05) is 27.7 Å². The molecule has 1 heterocycles. The van der Waals surface area contributed by atoms with Crippen molar-refractivity contribution < 1.29 is 19.3 Å². The van der Waals surface area contributed by atoms with E-state index in [4.69, 9.17) is 23.2 Å². The van der Waals surface area contributed by atoms with Crippen LogP contribution in [0.5, 0.6) is 0 Å². The zero-order valence-electron chi connectivity index (χ0n) is 17.5. The van der Waals surface area contributed by atoms with Crippen LogP contribution in [-0.2, 0) is 16.1 Å². The number of allylic oxidation sites excluding steroid dienone is 2. The van der Waals surface area contributed by atoms with Crippen molar-refractivity contribution >= 4 is 46.6 Å². The van der Waals surface area contributed by atoms with Gasteiger partial charge in [-0.1, -0.05) is 40.9 Å². The molecule has 2 aromatic rings. The van der Waals surface area contributed by atoms with Crippen molar-refractivity contribution in [2.75, 3.05) is 0 Å². The van der Waals surface area contributed by atoms with Gasteiger partial charge in [-0.05, 0) is 49.6 Å². The van der Waals surface area contributed by atoms with Crippen LogP contribution < -0.4 is 0 Å². The number of imide groups is 1. The van der Waals surface area contributed by atoms with Crippen molar-refractivity contribution in [3.63, 3.8) is 0 Å². The number of fused-ring (bicyclic) bond motifs is 1. The van der Waals surface area contributed by atoms with E-state index in [-0.39, 0.29) is 22.8 Å². The second-order valence-corrected chi connectivity index (χ2v) is 8.94. The standard InChI is InChI=1S/C23H19Cl2N3O5/c1-13-2-9-18-19(10-13)23(31)27(22(18)30)26(12-15-3-6-16(24)11-20(15)25)21(29)14-4-7-17(8-5-14)28(32)33/h2-8,11,18-19H,9-10,12H2,1H3/t18-,19+/m1/s1. The van der Waals surface area contributed by atoms with Crippen LogP contribution in [0.4, 0.5) is 5.69 Å². The van der Waals surface area contributed by atoms with Gasteiger partial charge >= 0.3 is 0 Å². The van der Waals surface area contributed by atoms with Crippen LogP contribution >= 0.6 is 23.2 Å². The Morgan fingerprint density at radius 2 is 1.79 bits per heavy atom. The lowest BCUT2D eigenvalue weighted by atomic mass is 9.82.